The van der Waals surface area contributed by atoms with Crippen molar-refractivity contribution >= 4 is 11.6 Å². The summed E-state index contributed by atoms with van der Waals surface area (Å²) in [7, 11) is 1.68. The minimum absolute atomic E-state index is 0.267. The Morgan fingerprint density at radius 3 is 2.79 bits per heavy atom. The summed E-state index contributed by atoms with van der Waals surface area (Å²) >= 11 is 0. The second kappa shape index (κ2) is 6.47. The topological polar surface area (TPSA) is 42.0 Å². The first kappa shape index (κ1) is 16.1. The number of piperidine rings is 1. The van der Waals surface area contributed by atoms with E-state index in [0.717, 1.165) is 51.3 Å². The number of ether oxygens (including phenoxy) is 2. The zero-order chi connectivity index (χ0) is 16.6. The molecular formula is C19H26N2O3. The maximum atomic E-state index is 13.3. The number of carbonyl (C=O) groups is 1. The fourth-order valence-electron chi connectivity index (χ4n) is 4.57. The maximum Gasteiger partial charge on any atom is 0.237 e. The van der Waals surface area contributed by atoms with Crippen LogP contribution in [0.15, 0.2) is 24.3 Å². The number of likely N-dealkylation sites (tertiary alicyclic amines) is 1. The average Bonchev–Trinajstić information content (AvgIpc) is 3.23. The number of rotatable bonds is 4. The Kier molecular flexibility index (Phi) is 4.33. The largest absolute Gasteiger partial charge is 0.383 e. The second-order valence-corrected chi connectivity index (χ2v) is 7.10. The molecule has 0 radical (unpaired) electrons. The predicted octanol–water partition coefficient (Wildman–Crippen LogP) is 1.80. The van der Waals surface area contributed by atoms with Crippen molar-refractivity contribution in [1.29, 1.82) is 0 Å². The zero-order valence-corrected chi connectivity index (χ0v) is 14.4. The molecule has 2 saturated heterocycles. The van der Waals surface area contributed by atoms with Crippen molar-refractivity contribution in [2.45, 2.75) is 30.7 Å². The molecule has 24 heavy (non-hydrogen) atoms. The minimum atomic E-state index is -0.333. The molecule has 1 spiro atoms. The van der Waals surface area contributed by atoms with Crippen LogP contribution >= 0.6 is 0 Å². The second-order valence-electron chi connectivity index (χ2n) is 7.10. The fourth-order valence-corrected chi connectivity index (χ4v) is 4.57. The van der Waals surface area contributed by atoms with Crippen LogP contribution in [0.3, 0.4) is 0 Å². The first-order chi connectivity index (χ1) is 11.8. The quantitative estimate of drug-likeness (QED) is 0.844. The van der Waals surface area contributed by atoms with E-state index in [-0.39, 0.29) is 11.3 Å². The summed E-state index contributed by atoms with van der Waals surface area (Å²) in [6, 6.07) is 8.85. The summed E-state index contributed by atoms with van der Waals surface area (Å²) < 4.78 is 10.7. The number of anilines is 1. The van der Waals surface area contributed by atoms with Gasteiger partial charge in [0.05, 0.1) is 18.6 Å². The van der Waals surface area contributed by atoms with Gasteiger partial charge in [-0.1, -0.05) is 18.2 Å². The highest BCUT2D eigenvalue weighted by molar-refractivity contribution is 6.08. The number of amides is 1. The van der Waals surface area contributed by atoms with E-state index < -0.39 is 0 Å². The van der Waals surface area contributed by atoms with Crippen molar-refractivity contribution in [3.05, 3.63) is 29.8 Å². The average molecular weight is 330 g/mol. The summed E-state index contributed by atoms with van der Waals surface area (Å²) in [6.45, 7) is 4.88. The van der Waals surface area contributed by atoms with Crippen molar-refractivity contribution in [1.82, 2.24) is 4.90 Å². The molecule has 2 fully saturated rings. The third-order valence-corrected chi connectivity index (χ3v) is 5.96. The molecule has 4 rings (SSSR count). The number of methoxy groups -OCH3 is 1. The molecule has 0 aliphatic carbocycles. The molecule has 1 aromatic rings. The molecule has 5 nitrogen and oxygen atoms in total. The zero-order valence-electron chi connectivity index (χ0n) is 14.4. The van der Waals surface area contributed by atoms with E-state index in [9.17, 15) is 4.79 Å². The Balaban J connectivity index is 1.57. The standard InChI is InChI=1S/C19H26N2O3/c1-23-13-11-21-17-5-3-2-4-16(17)19(18(21)22)7-9-20(10-8-19)15-6-12-24-14-15/h2-5,15H,6-14H2,1H3. The molecule has 0 bridgehead atoms. The molecule has 5 heteroatoms. The van der Waals surface area contributed by atoms with E-state index in [4.69, 9.17) is 9.47 Å². The first-order valence-electron chi connectivity index (χ1n) is 8.98. The lowest BCUT2D eigenvalue weighted by Crippen LogP contribution is -2.51. The van der Waals surface area contributed by atoms with E-state index >= 15 is 0 Å². The van der Waals surface area contributed by atoms with Gasteiger partial charge in [-0.3, -0.25) is 9.69 Å². The normalized spacial score (nSPS) is 26.3. The van der Waals surface area contributed by atoms with Crippen molar-refractivity contribution < 1.29 is 14.3 Å². The van der Waals surface area contributed by atoms with Gasteiger partial charge in [0.2, 0.25) is 5.91 Å². The molecular weight excluding hydrogens is 304 g/mol. The van der Waals surface area contributed by atoms with E-state index in [2.05, 4.69) is 23.1 Å². The van der Waals surface area contributed by atoms with Gasteiger partial charge in [-0.25, -0.2) is 0 Å². The van der Waals surface area contributed by atoms with Gasteiger partial charge < -0.3 is 14.4 Å². The van der Waals surface area contributed by atoms with E-state index in [1.165, 1.54) is 5.56 Å². The Bertz CT molecular complexity index is 604. The number of benzene rings is 1. The Hall–Kier alpha value is -1.43. The summed E-state index contributed by atoms with van der Waals surface area (Å²) in [6.07, 6.45) is 2.93. The van der Waals surface area contributed by atoms with Crippen molar-refractivity contribution in [2.75, 3.05) is 51.5 Å². The minimum Gasteiger partial charge on any atom is -0.383 e. The number of carbonyl (C=O) groups excluding carboxylic acids is 1. The SMILES string of the molecule is COCCN1C(=O)C2(CCN(C3CCOC3)CC2)c2ccccc21. The van der Waals surface area contributed by atoms with Crippen molar-refractivity contribution in [3.63, 3.8) is 0 Å². The lowest BCUT2D eigenvalue weighted by Gasteiger charge is -2.40. The van der Waals surface area contributed by atoms with E-state index in [0.29, 0.717) is 19.2 Å². The van der Waals surface area contributed by atoms with Crippen molar-refractivity contribution in [3.8, 4) is 0 Å². The molecule has 130 valence electrons. The number of fused-ring (bicyclic) bond motifs is 2. The molecule has 1 amide bonds. The van der Waals surface area contributed by atoms with Crippen LogP contribution in [-0.4, -0.2) is 63.4 Å². The summed E-state index contributed by atoms with van der Waals surface area (Å²) in [5.74, 6) is 0.267. The van der Waals surface area contributed by atoms with Gasteiger partial charge in [0.15, 0.2) is 0 Å². The van der Waals surface area contributed by atoms with Gasteiger partial charge in [0, 0.05) is 32.0 Å². The van der Waals surface area contributed by atoms with Crippen LogP contribution < -0.4 is 4.90 Å². The van der Waals surface area contributed by atoms with Crippen LogP contribution in [-0.2, 0) is 19.7 Å². The number of hydrogen-bond donors (Lipinski definition) is 0. The van der Waals surface area contributed by atoms with Gasteiger partial charge in [-0.05, 0) is 44.0 Å². The van der Waals surface area contributed by atoms with Gasteiger partial charge in [0.1, 0.15) is 0 Å². The maximum absolute atomic E-state index is 13.3. The molecule has 1 unspecified atom stereocenters. The lowest BCUT2D eigenvalue weighted by atomic mass is 9.73. The first-order valence-corrected chi connectivity index (χ1v) is 8.98. The predicted molar refractivity (Wildman–Crippen MR) is 92.4 cm³/mol. The number of hydrogen-bond acceptors (Lipinski definition) is 4. The molecule has 0 N–H and O–H groups in total. The van der Waals surface area contributed by atoms with Gasteiger partial charge in [0.25, 0.3) is 0 Å². The summed E-state index contributed by atoms with van der Waals surface area (Å²) in [5, 5.41) is 0. The third-order valence-electron chi connectivity index (χ3n) is 5.96. The van der Waals surface area contributed by atoms with E-state index in [1.54, 1.807) is 7.11 Å². The Morgan fingerprint density at radius 1 is 1.29 bits per heavy atom. The molecule has 3 heterocycles. The van der Waals surface area contributed by atoms with Crippen LogP contribution in [0.5, 0.6) is 0 Å². The Morgan fingerprint density at radius 2 is 2.08 bits per heavy atom. The fraction of sp³-hybridized carbons (Fsp3) is 0.632. The molecule has 0 aromatic heterocycles. The van der Waals surface area contributed by atoms with Crippen LogP contribution in [0, 0.1) is 0 Å². The number of para-hydroxylation sites is 1. The lowest BCUT2D eigenvalue weighted by molar-refractivity contribution is -0.125. The Labute approximate surface area is 143 Å². The molecule has 1 atom stereocenters. The highest BCUT2D eigenvalue weighted by Crippen LogP contribution is 2.48. The van der Waals surface area contributed by atoms with Crippen molar-refractivity contribution in [2.24, 2.45) is 0 Å². The molecule has 3 aliphatic rings. The van der Waals surface area contributed by atoms with Crippen LogP contribution in [0.25, 0.3) is 0 Å². The summed E-state index contributed by atoms with van der Waals surface area (Å²) in [5.41, 5.74) is 1.96. The molecule has 3 aliphatic heterocycles. The van der Waals surface area contributed by atoms with Gasteiger partial charge in [-0.15, -0.1) is 0 Å². The molecule has 1 aromatic carbocycles. The van der Waals surface area contributed by atoms with Gasteiger partial charge >= 0.3 is 0 Å². The highest BCUT2D eigenvalue weighted by Gasteiger charge is 2.52. The van der Waals surface area contributed by atoms with Crippen LogP contribution in [0.4, 0.5) is 5.69 Å². The highest BCUT2D eigenvalue weighted by atomic mass is 16.5. The molecule has 0 saturated carbocycles. The van der Waals surface area contributed by atoms with Gasteiger partial charge in [-0.2, -0.15) is 0 Å². The smallest absolute Gasteiger partial charge is 0.237 e. The summed E-state index contributed by atoms with van der Waals surface area (Å²) in [4.78, 5) is 17.8. The van der Waals surface area contributed by atoms with Crippen LogP contribution in [0.2, 0.25) is 0 Å². The van der Waals surface area contributed by atoms with Crippen LogP contribution in [0.1, 0.15) is 24.8 Å². The number of nitrogens with zero attached hydrogens (tertiary/aromatic N) is 2. The monoisotopic (exact) mass is 330 g/mol. The third kappa shape index (κ3) is 2.46. The van der Waals surface area contributed by atoms with E-state index in [1.807, 2.05) is 11.0 Å².